The summed E-state index contributed by atoms with van der Waals surface area (Å²) in [5, 5.41) is 14.0. The lowest BCUT2D eigenvalue weighted by atomic mass is 9.90. The van der Waals surface area contributed by atoms with Crippen molar-refractivity contribution in [2.24, 2.45) is 17.8 Å². The number of anilines is 1. The third-order valence-electron chi connectivity index (χ3n) is 7.18. The Bertz CT molecular complexity index is 1230. The topological polar surface area (TPSA) is 104 Å². The van der Waals surface area contributed by atoms with Gasteiger partial charge < -0.3 is 15.7 Å². The Balaban J connectivity index is 1.79. The predicted molar refractivity (Wildman–Crippen MR) is 131 cm³/mol. The van der Waals surface area contributed by atoms with E-state index in [1.165, 1.54) is 13.8 Å². The molecule has 0 spiro atoms. The lowest BCUT2D eigenvalue weighted by Gasteiger charge is -2.20. The number of alkyl halides is 6. The van der Waals surface area contributed by atoms with Gasteiger partial charge in [-0.25, -0.2) is 9.97 Å². The number of thiazole rings is 1. The summed E-state index contributed by atoms with van der Waals surface area (Å²) in [4.78, 5) is 34.2. The van der Waals surface area contributed by atoms with Crippen LogP contribution in [0.3, 0.4) is 0 Å². The molecule has 2 bridgehead atoms. The number of aromatic nitrogens is 2. The molecule has 4 rings (SSSR count). The minimum absolute atomic E-state index is 0.0835. The minimum atomic E-state index is -5.02. The van der Waals surface area contributed by atoms with Crippen molar-refractivity contribution in [3.05, 3.63) is 28.5 Å². The van der Waals surface area contributed by atoms with Crippen LogP contribution in [0.25, 0.3) is 10.4 Å². The smallest absolute Gasteiger partial charge is 0.389 e. The molecule has 0 saturated heterocycles. The predicted octanol–water partition coefficient (Wildman–Crippen LogP) is 5.71. The lowest BCUT2D eigenvalue weighted by molar-refractivity contribution is -0.138. The summed E-state index contributed by atoms with van der Waals surface area (Å²) in [6.07, 6.45) is -5.68. The molecule has 2 aliphatic rings. The average Bonchev–Trinajstić information content (AvgIpc) is 3.55. The third-order valence-corrected chi connectivity index (χ3v) is 8.27. The number of aliphatic hydroxyl groups is 1. The quantitative estimate of drug-likeness (QED) is 0.274. The van der Waals surface area contributed by atoms with Crippen LogP contribution in [0.15, 0.2) is 12.3 Å². The third kappa shape index (κ3) is 6.37. The zero-order valence-corrected chi connectivity index (χ0v) is 22.2. The van der Waals surface area contributed by atoms with Crippen LogP contribution in [0, 0.1) is 17.8 Å². The van der Waals surface area contributed by atoms with Gasteiger partial charge in [0, 0.05) is 24.2 Å². The SMILES string of the molecule is C[C@H](Nc1cc(C(F)(F)F)c(-c2sc(C(=O)NCC(C)(C)O)nc2C(=O)C2C3CCC2CC3)cn1)C(F)(F)F. The van der Waals surface area contributed by atoms with Crippen LogP contribution in [-0.4, -0.2) is 51.1 Å². The molecule has 7 nitrogen and oxygen atoms in total. The first-order chi connectivity index (χ1) is 18.0. The second-order valence-electron chi connectivity index (χ2n) is 10.8. The molecule has 0 unspecified atom stereocenters. The van der Waals surface area contributed by atoms with Crippen molar-refractivity contribution < 1.29 is 41.0 Å². The molecule has 2 aliphatic carbocycles. The summed E-state index contributed by atoms with van der Waals surface area (Å²) in [7, 11) is 0. The summed E-state index contributed by atoms with van der Waals surface area (Å²) in [5.41, 5.74) is -3.43. The van der Waals surface area contributed by atoms with Crippen molar-refractivity contribution in [1.82, 2.24) is 15.3 Å². The molecule has 214 valence electrons. The van der Waals surface area contributed by atoms with Crippen molar-refractivity contribution >= 4 is 28.8 Å². The van der Waals surface area contributed by atoms with E-state index in [1.807, 2.05) is 5.32 Å². The van der Waals surface area contributed by atoms with Gasteiger partial charge in [-0.2, -0.15) is 26.3 Å². The van der Waals surface area contributed by atoms with Gasteiger partial charge in [0.25, 0.3) is 5.91 Å². The largest absolute Gasteiger partial charge is 0.417 e. The van der Waals surface area contributed by atoms with Crippen LogP contribution in [0.5, 0.6) is 0 Å². The van der Waals surface area contributed by atoms with E-state index in [-0.39, 0.29) is 34.0 Å². The van der Waals surface area contributed by atoms with Gasteiger partial charge in [0.15, 0.2) is 10.8 Å². The summed E-state index contributed by atoms with van der Waals surface area (Å²) in [6.45, 7) is 3.46. The maximum absolute atomic E-state index is 14.2. The number of halogens is 6. The first-order valence-electron chi connectivity index (χ1n) is 12.4. The number of ketones is 1. The summed E-state index contributed by atoms with van der Waals surface area (Å²) in [6, 6.07) is -1.71. The fourth-order valence-corrected chi connectivity index (χ4v) is 6.24. The Morgan fingerprint density at radius 1 is 1.10 bits per heavy atom. The Kier molecular flexibility index (Phi) is 7.76. The van der Waals surface area contributed by atoms with Gasteiger partial charge in [0.05, 0.1) is 16.0 Å². The van der Waals surface area contributed by atoms with Crippen LogP contribution in [0.2, 0.25) is 0 Å². The Morgan fingerprint density at radius 3 is 2.21 bits per heavy atom. The molecule has 2 heterocycles. The summed E-state index contributed by atoms with van der Waals surface area (Å²) >= 11 is 0.570. The van der Waals surface area contributed by atoms with Gasteiger partial charge in [0.2, 0.25) is 0 Å². The van der Waals surface area contributed by atoms with Crippen LogP contribution in [-0.2, 0) is 6.18 Å². The Morgan fingerprint density at radius 2 is 1.69 bits per heavy atom. The van der Waals surface area contributed by atoms with E-state index >= 15 is 0 Å². The molecule has 2 aromatic heterocycles. The number of amides is 1. The van der Waals surface area contributed by atoms with Gasteiger partial charge in [-0.15, -0.1) is 11.3 Å². The molecule has 3 N–H and O–H groups in total. The number of hydrogen-bond acceptors (Lipinski definition) is 7. The number of carbonyl (C=O) groups is 2. The average molecular weight is 579 g/mol. The number of hydrogen-bond donors (Lipinski definition) is 3. The van der Waals surface area contributed by atoms with E-state index in [1.54, 1.807) is 0 Å². The normalized spacial score (nSPS) is 22.2. The first kappa shape index (κ1) is 29.2. The summed E-state index contributed by atoms with van der Waals surface area (Å²) < 4.78 is 81.5. The van der Waals surface area contributed by atoms with E-state index in [2.05, 4.69) is 15.3 Å². The standard InChI is InChI=1S/C25H28F6N4O3S/c1-11(24(26,27)28)34-16-8-15(25(29,30)31)14(9-32-16)20-18(19(36)17-12-4-5-13(17)7-6-12)35-22(39-20)21(37)33-10-23(2,3)38/h8-9,11-13,17,38H,4-7,10H2,1-3H3,(H,32,34)(H,33,37)/t11-,12?,13?,17?/m0/s1. The van der Waals surface area contributed by atoms with Crippen molar-refractivity contribution in [3.8, 4) is 10.4 Å². The maximum atomic E-state index is 14.2. The Hall–Kier alpha value is -2.74. The molecule has 0 aromatic carbocycles. The maximum Gasteiger partial charge on any atom is 0.417 e. The molecule has 1 amide bonds. The van der Waals surface area contributed by atoms with E-state index < -0.39 is 58.5 Å². The number of pyridine rings is 1. The van der Waals surface area contributed by atoms with Crippen LogP contribution >= 0.6 is 11.3 Å². The van der Waals surface area contributed by atoms with E-state index in [9.17, 15) is 41.0 Å². The Labute approximate surface area is 224 Å². The molecule has 0 radical (unpaired) electrons. The van der Waals surface area contributed by atoms with Gasteiger partial charge >= 0.3 is 12.4 Å². The molecule has 2 fully saturated rings. The van der Waals surface area contributed by atoms with Crippen LogP contribution in [0.4, 0.5) is 32.2 Å². The fraction of sp³-hybridized carbons (Fsp3) is 0.600. The van der Waals surface area contributed by atoms with E-state index in [0.29, 0.717) is 17.4 Å². The molecule has 14 heteroatoms. The highest BCUT2D eigenvalue weighted by molar-refractivity contribution is 7.17. The summed E-state index contributed by atoms with van der Waals surface area (Å²) in [5.74, 6) is -2.14. The molecular weight excluding hydrogens is 550 g/mol. The highest BCUT2D eigenvalue weighted by atomic mass is 32.1. The number of fused-ring (bicyclic) bond motifs is 2. The molecular formula is C25H28F6N4O3S. The van der Waals surface area contributed by atoms with E-state index in [4.69, 9.17) is 0 Å². The van der Waals surface area contributed by atoms with Gasteiger partial charge in [-0.1, -0.05) is 0 Å². The zero-order valence-electron chi connectivity index (χ0n) is 21.3. The number of nitrogens with one attached hydrogen (secondary N) is 2. The van der Waals surface area contributed by atoms with Crippen molar-refractivity contribution in [2.75, 3.05) is 11.9 Å². The number of carbonyl (C=O) groups excluding carboxylic acids is 2. The first-order valence-corrected chi connectivity index (χ1v) is 13.2. The van der Waals surface area contributed by atoms with Crippen molar-refractivity contribution in [2.45, 2.75) is 70.4 Å². The van der Waals surface area contributed by atoms with Gasteiger partial charge in [0.1, 0.15) is 17.6 Å². The molecule has 2 aromatic rings. The highest BCUT2D eigenvalue weighted by Gasteiger charge is 2.47. The molecule has 1 atom stereocenters. The van der Waals surface area contributed by atoms with Crippen molar-refractivity contribution in [1.29, 1.82) is 0 Å². The van der Waals surface area contributed by atoms with Gasteiger partial charge in [-0.05, 0) is 64.4 Å². The second-order valence-corrected chi connectivity index (χ2v) is 11.8. The molecule has 0 aliphatic heterocycles. The fourth-order valence-electron chi connectivity index (χ4n) is 5.23. The molecule has 2 saturated carbocycles. The zero-order chi connectivity index (χ0) is 28.9. The highest BCUT2D eigenvalue weighted by Crippen LogP contribution is 2.51. The monoisotopic (exact) mass is 578 g/mol. The van der Waals surface area contributed by atoms with E-state index in [0.717, 1.165) is 38.8 Å². The minimum Gasteiger partial charge on any atom is -0.389 e. The second kappa shape index (κ2) is 10.3. The molecule has 39 heavy (non-hydrogen) atoms. The van der Waals surface area contributed by atoms with Gasteiger partial charge in [-0.3, -0.25) is 9.59 Å². The lowest BCUT2D eigenvalue weighted by Crippen LogP contribution is -2.38. The number of rotatable bonds is 8. The number of nitrogens with zero attached hydrogens (tertiary/aromatic N) is 2. The number of Topliss-reactive ketones (excluding diaryl/α,β-unsaturated/α-hetero) is 1. The van der Waals surface area contributed by atoms with Crippen LogP contribution in [0.1, 0.15) is 72.3 Å². The van der Waals surface area contributed by atoms with Crippen LogP contribution < -0.4 is 10.6 Å². The van der Waals surface area contributed by atoms with Crippen molar-refractivity contribution in [3.63, 3.8) is 0 Å².